The molecule has 0 spiro atoms. The van der Waals surface area contributed by atoms with Crippen LogP contribution in [0.25, 0.3) is 0 Å². The van der Waals surface area contributed by atoms with E-state index in [0.717, 1.165) is 0 Å². The molecule has 168 valence electrons. The minimum absolute atomic E-state index is 0.175. The highest BCUT2D eigenvalue weighted by atomic mass is 16.6. The minimum Gasteiger partial charge on any atom is -0.447 e. The maximum atomic E-state index is 13.0. The Morgan fingerprint density at radius 2 is 1.91 bits per heavy atom. The van der Waals surface area contributed by atoms with Gasteiger partial charge < -0.3 is 15.0 Å². The zero-order valence-corrected chi connectivity index (χ0v) is 17.5. The first-order valence-corrected chi connectivity index (χ1v) is 10.5. The second-order valence-electron chi connectivity index (χ2n) is 8.01. The Kier molecular flexibility index (Phi) is 5.04. The predicted octanol–water partition coefficient (Wildman–Crippen LogP) is 1.66. The van der Waals surface area contributed by atoms with Gasteiger partial charge in [-0.05, 0) is 42.3 Å². The predicted molar refractivity (Wildman–Crippen MR) is 116 cm³/mol. The van der Waals surface area contributed by atoms with Gasteiger partial charge in [0.2, 0.25) is 11.8 Å². The van der Waals surface area contributed by atoms with Crippen molar-refractivity contribution in [2.24, 2.45) is 0 Å². The molecule has 1 unspecified atom stereocenters. The zero-order chi connectivity index (χ0) is 23.1. The van der Waals surface area contributed by atoms with Gasteiger partial charge in [0, 0.05) is 24.1 Å². The number of cyclic esters (lactones) is 1. The van der Waals surface area contributed by atoms with Gasteiger partial charge in [0.15, 0.2) is 0 Å². The number of nitrogens with one attached hydrogen (secondary N) is 2. The standard InChI is InChI=1S/C23H20N4O6/c28-19-8-7-18(21(30)25-19)27-12-14-11-13(5-6-15(14)22(27)31)20(29)24-16-3-1-2-4-17(16)26-9-10-33-23(26)32/h1-6,11,18H,7-10,12H2,(H,24,29)(H,25,28,30). The average Bonchev–Trinajstić information content (AvgIpc) is 3.37. The van der Waals surface area contributed by atoms with Gasteiger partial charge in [0.05, 0.1) is 17.9 Å². The van der Waals surface area contributed by atoms with Gasteiger partial charge in [0.25, 0.3) is 11.8 Å². The lowest BCUT2D eigenvalue weighted by atomic mass is 10.0. The van der Waals surface area contributed by atoms with E-state index in [1.54, 1.807) is 42.5 Å². The van der Waals surface area contributed by atoms with Crippen molar-refractivity contribution >= 4 is 41.1 Å². The molecule has 0 radical (unpaired) electrons. The first-order valence-electron chi connectivity index (χ1n) is 10.5. The molecule has 0 aromatic heterocycles. The van der Waals surface area contributed by atoms with Crippen molar-refractivity contribution in [3.63, 3.8) is 0 Å². The second-order valence-corrected chi connectivity index (χ2v) is 8.01. The number of imide groups is 1. The van der Waals surface area contributed by atoms with Gasteiger partial charge in [-0.3, -0.25) is 29.4 Å². The third kappa shape index (κ3) is 3.69. The molecule has 3 aliphatic rings. The molecular formula is C23H20N4O6. The number of anilines is 2. The largest absolute Gasteiger partial charge is 0.447 e. The van der Waals surface area contributed by atoms with Crippen molar-refractivity contribution < 1.29 is 28.7 Å². The molecule has 3 aliphatic heterocycles. The highest BCUT2D eigenvalue weighted by molar-refractivity contribution is 6.09. The fourth-order valence-corrected chi connectivity index (χ4v) is 4.34. The van der Waals surface area contributed by atoms with Crippen molar-refractivity contribution in [3.8, 4) is 0 Å². The Balaban J connectivity index is 1.35. The van der Waals surface area contributed by atoms with Crippen molar-refractivity contribution in [1.82, 2.24) is 10.2 Å². The van der Waals surface area contributed by atoms with Gasteiger partial charge in [-0.15, -0.1) is 0 Å². The van der Waals surface area contributed by atoms with E-state index >= 15 is 0 Å². The number of carbonyl (C=O) groups is 5. The molecule has 0 bridgehead atoms. The Morgan fingerprint density at radius 3 is 2.67 bits per heavy atom. The summed E-state index contributed by atoms with van der Waals surface area (Å²) in [4.78, 5) is 64.3. The first kappa shape index (κ1) is 20.7. The molecule has 5 rings (SSSR count). The van der Waals surface area contributed by atoms with Gasteiger partial charge in [-0.2, -0.15) is 0 Å². The van der Waals surface area contributed by atoms with Crippen LogP contribution in [0.3, 0.4) is 0 Å². The molecule has 2 aromatic rings. The van der Waals surface area contributed by atoms with Crippen LogP contribution in [0.4, 0.5) is 16.2 Å². The van der Waals surface area contributed by atoms with E-state index in [4.69, 9.17) is 4.74 Å². The molecular weight excluding hydrogens is 428 g/mol. The van der Waals surface area contributed by atoms with Crippen LogP contribution in [0.5, 0.6) is 0 Å². The maximum Gasteiger partial charge on any atom is 0.414 e. The van der Waals surface area contributed by atoms with Crippen LogP contribution in [0.2, 0.25) is 0 Å². The number of amides is 5. The van der Waals surface area contributed by atoms with Crippen molar-refractivity contribution in [3.05, 3.63) is 59.2 Å². The highest BCUT2D eigenvalue weighted by Crippen LogP contribution is 2.30. The summed E-state index contributed by atoms with van der Waals surface area (Å²) in [6.45, 7) is 0.851. The van der Waals surface area contributed by atoms with Gasteiger partial charge >= 0.3 is 6.09 Å². The van der Waals surface area contributed by atoms with Crippen LogP contribution in [0, 0.1) is 0 Å². The number of nitrogens with zero attached hydrogens (tertiary/aromatic N) is 2. The SMILES string of the molecule is O=C1CCC(N2Cc3cc(C(=O)Nc4ccccc4N4CCOC4=O)ccc3C2=O)C(=O)N1. The summed E-state index contributed by atoms with van der Waals surface area (Å²) in [7, 11) is 0. The normalized spacial score (nSPS) is 19.9. The number of hydrogen-bond donors (Lipinski definition) is 2. The molecule has 0 saturated carbocycles. The monoisotopic (exact) mass is 448 g/mol. The highest BCUT2D eigenvalue weighted by Gasteiger charge is 2.39. The minimum atomic E-state index is -0.716. The quantitative estimate of drug-likeness (QED) is 0.686. The van der Waals surface area contributed by atoms with Crippen LogP contribution in [-0.2, 0) is 20.9 Å². The summed E-state index contributed by atoms with van der Waals surface area (Å²) in [5.74, 6) is -1.53. The van der Waals surface area contributed by atoms with Gasteiger partial charge in [-0.25, -0.2) is 4.79 Å². The van der Waals surface area contributed by atoms with Crippen LogP contribution in [-0.4, -0.2) is 53.8 Å². The number of para-hydroxylation sites is 2. The average molecular weight is 448 g/mol. The molecule has 10 nitrogen and oxygen atoms in total. The lowest BCUT2D eigenvalue weighted by Gasteiger charge is -2.29. The molecule has 33 heavy (non-hydrogen) atoms. The molecule has 1 atom stereocenters. The van der Waals surface area contributed by atoms with Crippen LogP contribution in [0.1, 0.15) is 39.1 Å². The summed E-state index contributed by atoms with van der Waals surface area (Å²) < 4.78 is 4.99. The number of benzene rings is 2. The van der Waals surface area contributed by atoms with Gasteiger partial charge in [0.1, 0.15) is 12.6 Å². The van der Waals surface area contributed by atoms with Crippen molar-refractivity contribution in [2.45, 2.75) is 25.4 Å². The van der Waals surface area contributed by atoms with E-state index < -0.39 is 23.9 Å². The molecule has 2 saturated heterocycles. The lowest BCUT2D eigenvalue weighted by molar-refractivity contribution is -0.136. The fourth-order valence-electron chi connectivity index (χ4n) is 4.34. The number of hydrogen-bond acceptors (Lipinski definition) is 6. The van der Waals surface area contributed by atoms with E-state index in [-0.39, 0.29) is 37.8 Å². The number of carbonyl (C=O) groups excluding carboxylic acids is 5. The van der Waals surface area contributed by atoms with E-state index in [1.165, 1.54) is 9.80 Å². The summed E-state index contributed by atoms with van der Waals surface area (Å²) in [5, 5.41) is 5.09. The number of ether oxygens (including phenoxy) is 1. The first-order chi connectivity index (χ1) is 15.9. The summed E-state index contributed by atoms with van der Waals surface area (Å²) in [6.07, 6.45) is -0.0250. The maximum absolute atomic E-state index is 13.0. The molecule has 2 aromatic carbocycles. The van der Waals surface area contributed by atoms with Crippen molar-refractivity contribution in [1.29, 1.82) is 0 Å². The smallest absolute Gasteiger partial charge is 0.414 e. The third-order valence-corrected chi connectivity index (χ3v) is 5.99. The summed E-state index contributed by atoms with van der Waals surface area (Å²) >= 11 is 0. The molecule has 0 aliphatic carbocycles. The molecule has 3 heterocycles. The molecule has 10 heteroatoms. The Labute approximate surface area is 188 Å². The zero-order valence-electron chi connectivity index (χ0n) is 17.5. The Bertz CT molecular complexity index is 1210. The third-order valence-electron chi connectivity index (χ3n) is 5.99. The van der Waals surface area contributed by atoms with E-state index in [0.29, 0.717) is 34.6 Å². The van der Waals surface area contributed by atoms with Crippen LogP contribution in [0.15, 0.2) is 42.5 Å². The Hall–Kier alpha value is -4.21. The molecule has 2 N–H and O–H groups in total. The number of piperidine rings is 1. The topological polar surface area (TPSA) is 125 Å². The van der Waals surface area contributed by atoms with Crippen molar-refractivity contribution in [2.75, 3.05) is 23.4 Å². The number of rotatable bonds is 4. The van der Waals surface area contributed by atoms with Crippen LogP contribution >= 0.6 is 0 Å². The summed E-state index contributed by atoms with van der Waals surface area (Å²) in [5.41, 5.74) is 2.40. The number of fused-ring (bicyclic) bond motifs is 1. The molecule has 5 amide bonds. The fraction of sp³-hybridized carbons (Fsp3) is 0.261. The Morgan fingerprint density at radius 1 is 1.09 bits per heavy atom. The van der Waals surface area contributed by atoms with E-state index in [2.05, 4.69) is 10.6 Å². The van der Waals surface area contributed by atoms with E-state index in [1.807, 2.05) is 0 Å². The van der Waals surface area contributed by atoms with Crippen LogP contribution < -0.4 is 15.5 Å². The van der Waals surface area contributed by atoms with Gasteiger partial charge in [-0.1, -0.05) is 12.1 Å². The second kappa shape index (κ2) is 8.05. The lowest BCUT2D eigenvalue weighted by Crippen LogP contribution is -2.52. The van der Waals surface area contributed by atoms with E-state index in [9.17, 15) is 24.0 Å². The summed E-state index contributed by atoms with van der Waals surface area (Å²) in [6, 6.07) is 11.0. The molecule has 2 fully saturated rings.